The van der Waals surface area contributed by atoms with Gasteiger partial charge < -0.3 is 4.90 Å². The number of nitrogens with zero attached hydrogens (tertiary/aromatic N) is 2. The fourth-order valence-corrected chi connectivity index (χ4v) is 3.10. The van der Waals surface area contributed by atoms with E-state index >= 15 is 0 Å². The Balaban J connectivity index is 1.81. The fourth-order valence-electron chi connectivity index (χ4n) is 2.41. The van der Waals surface area contributed by atoms with Crippen LogP contribution in [0.1, 0.15) is 24.7 Å². The smallest absolute Gasteiger partial charge is 0.222 e. The number of carbonyl (C=O) groups excluding carboxylic acids is 2. The van der Waals surface area contributed by atoms with Crippen molar-refractivity contribution >= 4 is 22.8 Å². The first-order valence-electron chi connectivity index (χ1n) is 6.88. The lowest BCUT2D eigenvalue weighted by Gasteiger charge is -2.16. The van der Waals surface area contributed by atoms with Crippen molar-refractivity contribution in [1.82, 2.24) is 9.88 Å². The summed E-state index contributed by atoms with van der Waals surface area (Å²) in [5.41, 5.74) is 2.03. The Morgan fingerprint density at radius 2 is 2.30 bits per heavy atom. The van der Waals surface area contributed by atoms with Gasteiger partial charge in [0, 0.05) is 50.0 Å². The third-order valence-electron chi connectivity index (χ3n) is 3.40. The molecule has 1 atom stereocenters. The summed E-state index contributed by atoms with van der Waals surface area (Å²) < 4.78 is 0. The average molecular weight is 292 g/mol. The number of hydrogen-bond acceptors (Lipinski definition) is 4. The molecule has 2 rings (SSSR count). The third-order valence-corrected chi connectivity index (χ3v) is 4.45. The highest BCUT2D eigenvalue weighted by Gasteiger charge is 2.29. The SMILES string of the molecule is CC(=O)SCC1CC(=O)N(CCc2cccc(C)n2)C1. The first-order chi connectivity index (χ1) is 9.54. The van der Waals surface area contributed by atoms with Crippen LogP contribution in [0.15, 0.2) is 18.2 Å². The minimum atomic E-state index is 0.125. The molecule has 20 heavy (non-hydrogen) atoms. The summed E-state index contributed by atoms with van der Waals surface area (Å²) in [7, 11) is 0. The molecule has 1 fully saturated rings. The van der Waals surface area contributed by atoms with Crippen LogP contribution < -0.4 is 0 Å². The fraction of sp³-hybridized carbons (Fsp3) is 0.533. The third kappa shape index (κ3) is 4.34. The molecular weight excluding hydrogens is 272 g/mol. The molecule has 0 aliphatic carbocycles. The summed E-state index contributed by atoms with van der Waals surface area (Å²) in [5, 5.41) is 0.125. The van der Waals surface area contributed by atoms with Crippen molar-refractivity contribution in [3.63, 3.8) is 0 Å². The van der Waals surface area contributed by atoms with Gasteiger partial charge in [-0.2, -0.15) is 0 Å². The predicted octanol–water partition coefficient (Wildman–Crippen LogP) is 2.06. The van der Waals surface area contributed by atoms with E-state index in [1.54, 1.807) is 6.92 Å². The van der Waals surface area contributed by atoms with Crippen molar-refractivity contribution in [2.45, 2.75) is 26.7 Å². The standard InChI is InChI=1S/C15H20N2O2S/c1-11-4-3-5-14(16-11)6-7-17-9-13(8-15(17)19)10-20-12(2)18/h3-5,13H,6-10H2,1-2H3. The molecule has 1 aliphatic heterocycles. The second-order valence-electron chi connectivity index (χ2n) is 5.23. The summed E-state index contributed by atoms with van der Waals surface area (Å²) in [4.78, 5) is 29.2. The van der Waals surface area contributed by atoms with E-state index in [2.05, 4.69) is 4.98 Å². The van der Waals surface area contributed by atoms with Crippen LogP contribution in [0.5, 0.6) is 0 Å². The van der Waals surface area contributed by atoms with Gasteiger partial charge in [0.05, 0.1) is 0 Å². The molecule has 1 aromatic heterocycles. The summed E-state index contributed by atoms with van der Waals surface area (Å²) in [6, 6.07) is 5.96. The molecule has 0 bridgehead atoms. The maximum absolute atomic E-state index is 11.9. The van der Waals surface area contributed by atoms with Gasteiger partial charge in [0.2, 0.25) is 5.91 Å². The normalized spacial score (nSPS) is 18.6. The Morgan fingerprint density at radius 1 is 1.50 bits per heavy atom. The summed E-state index contributed by atoms with van der Waals surface area (Å²) in [6.07, 6.45) is 1.36. The first kappa shape index (κ1) is 15.0. The van der Waals surface area contributed by atoms with Crippen LogP contribution >= 0.6 is 11.8 Å². The highest BCUT2D eigenvalue weighted by Crippen LogP contribution is 2.22. The van der Waals surface area contributed by atoms with Gasteiger partial charge in [-0.15, -0.1) is 0 Å². The van der Waals surface area contributed by atoms with Gasteiger partial charge in [-0.3, -0.25) is 14.6 Å². The van der Waals surface area contributed by atoms with Crippen LogP contribution in [0, 0.1) is 12.8 Å². The summed E-state index contributed by atoms with van der Waals surface area (Å²) in [5.74, 6) is 1.26. The molecule has 1 aromatic rings. The summed E-state index contributed by atoms with van der Waals surface area (Å²) in [6.45, 7) is 5.03. The van der Waals surface area contributed by atoms with E-state index in [9.17, 15) is 9.59 Å². The molecule has 2 heterocycles. The maximum atomic E-state index is 11.9. The number of carbonyl (C=O) groups is 2. The minimum absolute atomic E-state index is 0.125. The van der Waals surface area contributed by atoms with Crippen molar-refractivity contribution in [3.05, 3.63) is 29.6 Å². The number of rotatable bonds is 5. The number of pyridine rings is 1. The van der Waals surface area contributed by atoms with Crippen LogP contribution in [0.4, 0.5) is 0 Å². The van der Waals surface area contributed by atoms with Gasteiger partial charge in [-0.25, -0.2) is 0 Å². The van der Waals surface area contributed by atoms with E-state index in [0.717, 1.165) is 36.7 Å². The van der Waals surface area contributed by atoms with E-state index in [1.807, 2.05) is 30.0 Å². The number of thioether (sulfide) groups is 1. The largest absolute Gasteiger partial charge is 0.342 e. The molecule has 108 valence electrons. The lowest BCUT2D eigenvalue weighted by molar-refractivity contribution is -0.127. The van der Waals surface area contributed by atoms with Gasteiger partial charge in [0.25, 0.3) is 0 Å². The topological polar surface area (TPSA) is 50.3 Å². The van der Waals surface area contributed by atoms with E-state index < -0.39 is 0 Å². The molecule has 0 saturated carbocycles. The Bertz CT molecular complexity index is 504. The molecule has 1 aliphatic rings. The second-order valence-corrected chi connectivity index (χ2v) is 6.43. The van der Waals surface area contributed by atoms with Crippen molar-refractivity contribution in [1.29, 1.82) is 0 Å². The van der Waals surface area contributed by atoms with E-state index in [-0.39, 0.29) is 11.0 Å². The molecular formula is C15H20N2O2S. The predicted molar refractivity (Wildman–Crippen MR) is 80.5 cm³/mol. The lowest BCUT2D eigenvalue weighted by atomic mass is 10.1. The maximum Gasteiger partial charge on any atom is 0.222 e. The van der Waals surface area contributed by atoms with E-state index in [1.165, 1.54) is 11.8 Å². The number of aryl methyl sites for hydroxylation is 1. The van der Waals surface area contributed by atoms with Crippen LogP contribution in [0.2, 0.25) is 0 Å². The molecule has 4 nitrogen and oxygen atoms in total. The molecule has 0 radical (unpaired) electrons. The van der Waals surface area contributed by atoms with Crippen molar-refractivity contribution < 1.29 is 9.59 Å². The van der Waals surface area contributed by atoms with Crippen LogP contribution in [0.3, 0.4) is 0 Å². The zero-order valence-corrected chi connectivity index (χ0v) is 12.8. The molecule has 1 unspecified atom stereocenters. The zero-order chi connectivity index (χ0) is 14.5. The number of amides is 1. The molecule has 0 aromatic carbocycles. The number of likely N-dealkylation sites (tertiary alicyclic amines) is 1. The summed E-state index contributed by atoms with van der Waals surface area (Å²) >= 11 is 1.32. The highest BCUT2D eigenvalue weighted by molar-refractivity contribution is 8.13. The Hall–Kier alpha value is -1.36. The van der Waals surface area contributed by atoms with E-state index in [0.29, 0.717) is 12.3 Å². The Morgan fingerprint density at radius 3 is 3.00 bits per heavy atom. The quantitative estimate of drug-likeness (QED) is 0.833. The number of aromatic nitrogens is 1. The Kier molecular flexibility index (Phi) is 5.17. The molecule has 5 heteroatoms. The Labute approximate surface area is 124 Å². The second kappa shape index (κ2) is 6.88. The van der Waals surface area contributed by atoms with Crippen molar-refractivity contribution in [2.75, 3.05) is 18.8 Å². The van der Waals surface area contributed by atoms with Gasteiger partial charge >= 0.3 is 0 Å². The van der Waals surface area contributed by atoms with Crippen LogP contribution in [-0.4, -0.2) is 39.7 Å². The lowest BCUT2D eigenvalue weighted by Crippen LogP contribution is -2.28. The van der Waals surface area contributed by atoms with Crippen LogP contribution in [-0.2, 0) is 16.0 Å². The van der Waals surface area contributed by atoms with Gasteiger partial charge in [0.15, 0.2) is 5.12 Å². The molecule has 0 spiro atoms. The highest BCUT2D eigenvalue weighted by atomic mass is 32.2. The van der Waals surface area contributed by atoms with Crippen molar-refractivity contribution in [2.24, 2.45) is 5.92 Å². The van der Waals surface area contributed by atoms with Crippen molar-refractivity contribution in [3.8, 4) is 0 Å². The van der Waals surface area contributed by atoms with E-state index in [4.69, 9.17) is 0 Å². The molecule has 0 N–H and O–H groups in total. The zero-order valence-electron chi connectivity index (χ0n) is 12.0. The van der Waals surface area contributed by atoms with Gasteiger partial charge in [0.1, 0.15) is 0 Å². The molecule has 1 amide bonds. The average Bonchev–Trinajstić information content (AvgIpc) is 2.75. The van der Waals surface area contributed by atoms with Gasteiger partial charge in [-0.05, 0) is 25.0 Å². The van der Waals surface area contributed by atoms with Crippen LogP contribution in [0.25, 0.3) is 0 Å². The monoisotopic (exact) mass is 292 g/mol. The molecule has 1 saturated heterocycles. The number of hydrogen-bond donors (Lipinski definition) is 0. The minimum Gasteiger partial charge on any atom is -0.342 e. The van der Waals surface area contributed by atoms with Gasteiger partial charge in [-0.1, -0.05) is 17.8 Å². The first-order valence-corrected chi connectivity index (χ1v) is 7.87.